The molecule has 0 aliphatic heterocycles. The molecule has 0 aliphatic rings. The van der Waals surface area contributed by atoms with Gasteiger partial charge in [-0.15, -0.1) is 11.8 Å². The molecule has 76 valence electrons. The zero-order valence-electron chi connectivity index (χ0n) is 8.06. The van der Waals surface area contributed by atoms with E-state index in [2.05, 4.69) is 45.2 Å². The van der Waals surface area contributed by atoms with Gasteiger partial charge in [-0.1, -0.05) is 30.3 Å². The fraction of sp³-hybridized carbons (Fsp3) is 0.0833. The average Bonchev–Trinajstić information content (AvgIpc) is 2.29. The highest BCUT2D eigenvalue weighted by Gasteiger charge is 1.99. The number of nitrogens with zero attached hydrogens (tertiary/aromatic N) is 1. The highest BCUT2D eigenvalue weighted by atomic mass is 79.9. The van der Waals surface area contributed by atoms with Crippen molar-refractivity contribution >= 4 is 27.7 Å². The zero-order chi connectivity index (χ0) is 10.5. The molecule has 0 N–H and O–H groups in total. The van der Waals surface area contributed by atoms with Crippen molar-refractivity contribution in [1.29, 1.82) is 0 Å². The lowest BCUT2D eigenvalue weighted by atomic mass is 10.2. The third kappa shape index (κ3) is 3.08. The molecular weight excluding hydrogens is 270 g/mol. The van der Waals surface area contributed by atoms with Crippen molar-refractivity contribution in [3.05, 3.63) is 58.8 Å². The molecule has 0 bridgehead atoms. The Balaban J connectivity index is 2.03. The summed E-state index contributed by atoms with van der Waals surface area (Å²) in [4.78, 5) is 5.27. The van der Waals surface area contributed by atoms with Gasteiger partial charge in [0.05, 0.1) is 0 Å². The lowest BCUT2D eigenvalue weighted by Gasteiger charge is -2.03. The summed E-state index contributed by atoms with van der Waals surface area (Å²) in [7, 11) is 0. The first-order valence-corrected chi connectivity index (χ1v) is 6.40. The second kappa shape index (κ2) is 5.33. The van der Waals surface area contributed by atoms with E-state index < -0.39 is 0 Å². The molecule has 0 radical (unpaired) electrons. The van der Waals surface area contributed by atoms with Gasteiger partial charge in [-0.2, -0.15) is 0 Å². The fourth-order valence-corrected chi connectivity index (χ4v) is 2.67. The van der Waals surface area contributed by atoms with E-state index in [9.17, 15) is 0 Å². The quantitative estimate of drug-likeness (QED) is 0.784. The third-order valence-electron chi connectivity index (χ3n) is 1.97. The summed E-state index contributed by atoms with van der Waals surface area (Å²) >= 11 is 5.30. The van der Waals surface area contributed by atoms with Crippen LogP contribution in [0.4, 0.5) is 0 Å². The second-order valence-electron chi connectivity index (χ2n) is 3.08. The van der Waals surface area contributed by atoms with E-state index in [1.165, 1.54) is 10.5 Å². The van der Waals surface area contributed by atoms with Gasteiger partial charge in [-0.25, -0.2) is 0 Å². The Kier molecular flexibility index (Phi) is 3.80. The van der Waals surface area contributed by atoms with Gasteiger partial charge in [0, 0.05) is 27.5 Å². The number of rotatable bonds is 3. The molecule has 0 amide bonds. The molecule has 15 heavy (non-hydrogen) atoms. The smallest absolute Gasteiger partial charge is 0.0494 e. The molecule has 0 atom stereocenters. The van der Waals surface area contributed by atoms with Gasteiger partial charge in [0.2, 0.25) is 0 Å². The van der Waals surface area contributed by atoms with E-state index in [4.69, 9.17) is 0 Å². The van der Waals surface area contributed by atoms with Crippen molar-refractivity contribution in [2.45, 2.75) is 10.6 Å². The van der Waals surface area contributed by atoms with Crippen LogP contribution < -0.4 is 0 Å². The molecule has 1 nitrogen and oxygen atoms in total. The number of pyridine rings is 1. The van der Waals surface area contributed by atoms with Crippen LogP contribution in [0.15, 0.2) is 58.2 Å². The molecular formula is C12H10BrNS. The lowest BCUT2D eigenvalue weighted by molar-refractivity contribution is 1.23. The van der Waals surface area contributed by atoms with E-state index in [1.807, 2.05) is 36.3 Å². The first-order valence-electron chi connectivity index (χ1n) is 4.62. The molecule has 0 aliphatic carbocycles. The fourth-order valence-electron chi connectivity index (χ4n) is 1.21. The maximum absolute atomic E-state index is 4.04. The van der Waals surface area contributed by atoms with Crippen LogP contribution in [-0.2, 0) is 5.75 Å². The molecule has 3 heteroatoms. The summed E-state index contributed by atoms with van der Waals surface area (Å²) in [6.07, 6.45) is 3.64. The number of benzene rings is 1. The molecule has 0 unspecified atom stereocenters. The first kappa shape index (κ1) is 10.7. The van der Waals surface area contributed by atoms with Crippen molar-refractivity contribution in [1.82, 2.24) is 4.98 Å². The minimum atomic E-state index is 0.990. The molecule has 2 aromatic rings. The third-order valence-corrected chi connectivity index (χ3v) is 4.01. The van der Waals surface area contributed by atoms with E-state index in [1.54, 1.807) is 0 Å². The summed E-state index contributed by atoms with van der Waals surface area (Å²) in [6.45, 7) is 0. The minimum Gasteiger partial charge on any atom is -0.263 e. The van der Waals surface area contributed by atoms with Gasteiger partial charge in [0.25, 0.3) is 0 Å². The van der Waals surface area contributed by atoms with Crippen LogP contribution in [0.5, 0.6) is 0 Å². The largest absolute Gasteiger partial charge is 0.263 e. The molecule has 0 saturated carbocycles. The lowest BCUT2D eigenvalue weighted by Crippen LogP contribution is -1.81. The van der Waals surface area contributed by atoms with E-state index >= 15 is 0 Å². The van der Waals surface area contributed by atoms with Crippen molar-refractivity contribution in [3.63, 3.8) is 0 Å². The monoisotopic (exact) mass is 279 g/mol. The molecule has 2 rings (SSSR count). The van der Waals surface area contributed by atoms with Crippen molar-refractivity contribution in [2.75, 3.05) is 0 Å². The topological polar surface area (TPSA) is 12.9 Å². The summed E-state index contributed by atoms with van der Waals surface area (Å²) < 4.78 is 1.06. The van der Waals surface area contributed by atoms with Gasteiger partial charge in [-0.05, 0) is 27.6 Å². The van der Waals surface area contributed by atoms with Crippen molar-refractivity contribution in [3.8, 4) is 0 Å². The molecule has 1 heterocycles. The first-order chi connectivity index (χ1) is 7.36. The zero-order valence-corrected chi connectivity index (χ0v) is 10.5. The Bertz CT molecular complexity index is 431. The Hall–Kier alpha value is -0.800. The molecule has 0 saturated heterocycles. The molecule has 1 aromatic carbocycles. The highest BCUT2D eigenvalue weighted by Crippen LogP contribution is 2.28. The number of hydrogen-bond donors (Lipinski definition) is 0. The highest BCUT2D eigenvalue weighted by molar-refractivity contribution is 9.10. The normalized spacial score (nSPS) is 10.2. The Labute approximate surface area is 102 Å². The van der Waals surface area contributed by atoms with Crippen LogP contribution in [0.2, 0.25) is 0 Å². The summed E-state index contributed by atoms with van der Waals surface area (Å²) in [5, 5.41) is 0. The summed E-state index contributed by atoms with van der Waals surface area (Å²) in [5.74, 6) is 0.990. The van der Waals surface area contributed by atoms with Crippen LogP contribution >= 0.6 is 27.7 Å². The van der Waals surface area contributed by atoms with E-state index in [-0.39, 0.29) is 0 Å². The van der Waals surface area contributed by atoms with Gasteiger partial charge in [0.15, 0.2) is 0 Å². The van der Waals surface area contributed by atoms with Gasteiger partial charge in [0.1, 0.15) is 0 Å². The van der Waals surface area contributed by atoms with E-state index in [0.29, 0.717) is 0 Å². The predicted octanol–water partition coefficient (Wildman–Crippen LogP) is 4.14. The van der Waals surface area contributed by atoms with Gasteiger partial charge < -0.3 is 0 Å². The number of aromatic nitrogens is 1. The Morgan fingerprint density at radius 1 is 1.13 bits per heavy atom. The second-order valence-corrected chi connectivity index (χ2v) is 4.95. The maximum Gasteiger partial charge on any atom is 0.0494 e. The molecule has 1 aromatic heterocycles. The summed E-state index contributed by atoms with van der Waals surface area (Å²) in [6, 6.07) is 12.5. The van der Waals surface area contributed by atoms with Crippen molar-refractivity contribution in [2.24, 2.45) is 0 Å². The Morgan fingerprint density at radius 3 is 2.67 bits per heavy atom. The number of thioether (sulfide) groups is 1. The number of halogens is 1. The van der Waals surface area contributed by atoms with Crippen LogP contribution in [0.3, 0.4) is 0 Å². The summed E-state index contributed by atoms with van der Waals surface area (Å²) in [5.41, 5.74) is 1.34. The van der Waals surface area contributed by atoms with Crippen LogP contribution in [0.1, 0.15) is 5.56 Å². The maximum atomic E-state index is 4.04. The number of hydrogen-bond acceptors (Lipinski definition) is 2. The minimum absolute atomic E-state index is 0.990. The SMILES string of the molecule is Brc1cnccc1SCc1ccccc1. The standard InChI is InChI=1S/C12H10BrNS/c13-11-8-14-7-6-12(11)15-9-10-4-2-1-3-5-10/h1-8H,9H2. The van der Waals surface area contributed by atoms with Crippen LogP contribution in [-0.4, -0.2) is 4.98 Å². The Morgan fingerprint density at radius 2 is 1.93 bits per heavy atom. The van der Waals surface area contributed by atoms with Gasteiger partial charge in [-0.3, -0.25) is 4.98 Å². The van der Waals surface area contributed by atoms with Crippen molar-refractivity contribution < 1.29 is 0 Å². The van der Waals surface area contributed by atoms with Crippen LogP contribution in [0, 0.1) is 0 Å². The van der Waals surface area contributed by atoms with Gasteiger partial charge >= 0.3 is 0 Å². The van der Waals surface area contributed by atoms with E-state index in [0.717, 1.165) is 10.2 Å². The van der Waals surface area contributed by atoms with Crippen LogP contribution in [0.25, 0.3) is 0 Å². The average molecular weight is 280 g/mol. The predicted molar refractivity (Wildman–Crippen MR) is 67.9 cm³/mol. The molecule has 0 fully saturated rings. The molecule has 0 spiro atoms.